The van der Waals surface area contributed by atoms with Crippen LogP contribution < -0.4 is 0 Å². The molecule has 0 amide bonds. The number of hydrogen-bond acceptors (Lipinski definition) is 1. The Labute approximate surface area is 232 Å². The van der Waals surface area contributed by atoms with E-state index in [4.69, 9.17) is 4.98 Å². The molecule has 0 aliphatic rings. The minimum atomic E-state index is 0.447. The average Bonchev–Trinajstić information content (AvgIpc) is 2.95. The Balaban J connectivity index is 1.69. The molecule has 5 aromatic carbocycles. The molecule has 6 rings (SSSR count). The quantitative estimate of drug-likeness (QED) is 0.211. The van der Waals surface area contributed by atoms with Crippen LogP contribution in [0.5, 0.6) is 0 Å². The second-order valence-electron chi connectivity index (χ2n) is 11.8. The van der Waals surface area contributed by atoms with Gasteiger partial charge >= 0.3 is 0 Å². The van der Waals surface area contributed by atoms with Crippen LogP contribution in [0.4, 0.5) is 0 Å². The van der Waals surface area contributed by atoms with Gasteiger partial charge in [0.2, 0.25) is 0 Å². The summed E-state index contributed by atoms with van der Waals surface area (Å²) in [7, 11) is 0. The third-order valence-electron chi connectivity index (χ3n) is 8.24. The van der Waals surface area contributed by atoms with Crippen LogP contribution in [0.25, 0.3) is 54.7 Å². The number of fused-ring (bicyclic) bond motifs is 5. The zero-order valence-corrected chi connectivity index (χ0v) is 23.9. The highest BCUT2D eigenvalue weighted by Gasteiger charge is 2.17. The fourth-order valence-corrected chi connectivity index (χ4v) is 6.02. The minimum Gasteiger partial charge on any atom is -0.256 e. The maximum absolute atomic E-state index is 4.97. The van der Waals surface area contributed by atoms with Gasteiger partial charge in [-0.15, -0.1) is 0 Å². The van der Waals surface area contributed by atoms with Gasteiger partial charge in [-0.1, -0.05) is 108 Å². The van der Waals surface area contributed by atoms with Crippen molar-refractivity contribution in [2.24, 2.45) is 0 Å². The van der Waals surface area contributed by atoms with E-state index in [0.29, 0.717) is 17.8 Å². The molecule has 0 N–H and O–H groups in total. The highest BCUT2D eigenvalue weighted by molar-refractivity contribution is 6.22. The van der Waals surface area contributed by atoms with Crippen molar-refractivity contribution in [1.82, 2.24) is 4.98 Å². The Kier molecular flexibility index (Phi) is 6.47. The first kappa shape index (κ1) is 25.3. The molecule has 0 saturated carbocycles. The van der Waals surface area contributed by atoms with E-state index in [1.165, 1.54) is 65.7 Å². The molecule has 0 fully saturated rings. The van der Waals surface area contributed by atoms with E-state index in [9.17, 15) is 0 Å². The average molecular weight is 508 g/mol. The molecule has 39 heavy (non-hydrogen) atoms. The molecule has 0 aliphatic heterocycles. The maximum Gasteiger partial charge on any atom is 0.0780 e. The second kappa shape index (κ2) is 9.97. The van der Waals surface area contributed by atoms with Crippen molar-refractivity contribution in [3.8, 4) is 22.4 Å². The van der Waals surface area contributed by atoms with Crippen LogP contribution in [-0.4, -0.2) is 4.98 Å². The Morgan fingerprint density at radius 1 is 0.462 bits per heavy atom. The third-order valence-corrected chi connectivity index (χ3v) is 8.24. The van der Waals surface area contributed by atoms with Gasteiger partial charge in [-0.3, -0.25) is 4.98 Å². The van der Waals surface area contributed by atoms with Crippen molar-refractivity contribution < 1.29 is 0 Å². The van der Waals surface area contributed by atoms with E-state index in [0.717, 1.165) is 5.69 Å². The smallest absolute Gasteiger partial charge is 0.0780 e. The summed E-state index contributed by atoms with van der Waals surface area (Å²) in [4.78, 5) is 4.97. The largest absolute Gasteiger partial charge is 0.256 e. The first-order chi connectivity index (χ1) is 18.8. The first-order valence-corrected chi connectivity index (χ1v) is 14.3. The molecule has 0 saturated heterocycles. The molecule has 0 unspecified atom stereocenters. The number of hydrogen-bond donors (Lipinski definition) is 0. The standard InChI is InChI=1S/C38H37N/c1-23(2)26-19-27(24(3)4)21-28(20-26)38-35-16-15-33-31-13-9-10-14-32(31)36(22-37(33)34(35)17-18-39-38)30-12-8-7-11-29(30)25(5)6/h7-25H,1-6H3. The van der Waals surface area contributed by atoms with Crippen LogP contribution in [0, 0.1) is 0 Å². The molecule has 1 heteroatoms. The van der Waals surface area contributed by atoms with E-state index in [1.807, 2.05) is 6.20 Å². The molecule has 0 atom stereocenters. The summed E-state index contributed by atoms with van der Waals surface area (Å²) in [5.41, 5.74) is 9.03. The zero-order valence-electron chi connectivity index (χ0n) is 23.9. The van der Waals surface area contributed by atoms with Crippen molar-refractivity contribution in [3.05, 3.63) is 114 Å². The Morgan fingerprint density at radius 3 is 1.74 bits per heavy atom. The molecular weight excluding hydrogens is 470 g/mol. The Hall–Kier alpha value is -3.97. The fourth-order valence-electron chi connectivity index (χ4n) is 6.02. The van der Waals surface area contributed by atoms with Crippen LogP contribution >= 0.6 is 0 Å². The molecular formula is C38H37N. The number of pyridine rings is 1. The summed E-state index contributed by atoms with van der Waals surface area (Å²) in [5.74, 6) is 1.38. The van der Waals surface area contributed by atoms with Gasteiger partial charge in [-0.2, -0.15) is 0 Å². The molecule has 1 heterocycles. The molecule has 1 aromatic heterocycles. The zero-order chi connectivity index (χ0) is 27.3. The second-order valence-corrected chi connectivity index (χ2v) is 11.8. The van der Waals surface area contributed by atoms with Gasteiger partial charge < -0.3 is 0 Å². The van der Waals surface area contributed by atoms with Crippen molar-refractivity contribution in [2.45, 2.75) is 59.3 Å². The predicted octanol–water partition coefficient (Wildman–Crippen LogP) is 11.2. The lowest BCUT2D eigenvalue weighted by atomic mass is 9.86. The summed E-state index contributed by atoms with van der Waals surface area (Å²) in [6, 6.07) is 34.0. The fraction of sp³-hybridized carbons (Fsp3) is 0.237. The lowest BCUT2D eigenvalue weighted by Crippen LogP contribution is -1.97. The number of rotatable bonds is 5. The summed E-state index contributed by atoms with van der Waals surface area (Å²) < 4.78 is 0. The van der Waals surface area contributed by atoms with E-state index in [2.05, 4.69) is 133 Å². The van der Waals surface area contributed by atoms with Crippen molar-refractivity contribution in [2.75, 3.05) is 0 Å². The summed E-state index contributed by atoms with van der Waals surface area (Å²) in [6.45, 7) is 13.7. The molecule has 0 spiro atoms. The topological polar surface area (TPSA) is 12.9 Å². The molecule has 194 valence electrons. The Morgan fingerprint density at radius 2 is 1.05 bits per heavy atom. The van der Waals surface area contributed by atoms with Gasteiger partial charge in [-0.25, -0.2) is 0 Å². The monoisotopic (exact) mass is 507 g/mol. The maximum atomic E-state index is 4.97. The lowest BCUT2D eigenvalue weighted by Gasteiger charge is -2.18. The third kappa shape index (κ3) is 4.40. The van der Waals surface area contributed by atoms with E-state index < -0.39 is 0 Å². The highest BCUT2D eigenvalue weighted by atomic mass is 14.7. The predicted molar refractivity (Wildman–Crippen MR) is 170 cm³/mol. The van der Waals surface area contributed by atoms with E-state index >= 15 is 0 Å². The normalized spacial score (nSPS) is 12.0. The first-order valence-electron chi connectivity index (χ1n) is 14.3. The molecule has 0 bridgehead atoms. The van der Waals surface area contributed by atoms with Crippen molar-refractivity contribution in [3.63, 3.8) is 0 Å². The minimum absolute atomic E-state index is 0.447. The summed E-state index contributed by atoms with van der Waals surface area (Å²) in [5, 5.41) is 7.64. The van der Waals surface area contributed by atoms with Gasteiger partial charge in [-0.05, 0) is 96.8 Å². The van der Waals surface area contributed by atoms with E-state index in [-0.39, 0.29) is 0 Å². The summed E-state index contributed by atoms with van der Waals surface area (Å²) in [6.07, 6.45) is 1.99. The molecule has 6 aromatic rings. The summed E-state index contributed by atoms with van der Waals surface area (Å²) >= 11 is 0. The molecule has 1 nitrogen and oxygen atoms in total. The van der Waals surface area contributed by atoms with Crippen LogP contribution in [0.1, 0.15) is 76.0 Å². The van der Waals surface area contributed by atoms with Gasteiger partial charge in [0.15, 0.2) is 0 Å². The van der Waals surface area contributed by atoms with E-state index in [1.54, 1.807) is 0 Å². The SMILES string of the molecule is CC(C)c1cc(-c2nccc3c2ccc2c4ccccc4c(-c4ccccc4C(C)C)cc32)cc(C(C)C)c1. The van der Waals surface area contributed by atoms with Crippen molar-refractivity contribution in [1.29, 1.82) is 0 Å². The number of nitrogens with zero attached hydrogens (tertiary/aromatic N) is 1. The van der Waals surface area contributed by atoms with Crippen LogP contribution in [0.2, 0.25) is 0 Å². The van der Waals surface area contributed by atoms with Gasteiger partial charge in [0.05, 0.1) is 5.69 Å². The highest BCUT2D eigenvalue weighted by Crippen LogP contribution is 2.42. The van der Waals surface area contributed by atoms with Crippen LogP contribution in [0.15, 0.2) is 97.2 Å². The van der Waals surface area contributed by atoms with Crippen LogP contribution in [-0.2, 0) is 0 Å². The molecule has 0 aliphatic carbocycles. The van der Waals surface area contributed by atoms with Gasteiger partial charge in [0.25, 0.3) is 0 Å². The molecule has 0 radical (unpaired) electrons. The Bertz CT molecular complexity index is 1810. The number of benzene rings is 5. The number of aromatic nitrogens is 1. The van der Waals surface area contributed by atoms with Gasteiger partial charge in [0.1, 0.15) is 0 Å². The van der Waals surface area contributed by atoms with Gasteiger partial charge in [0, 0.05) is 17.1 Å². The lowest BCUT2D eigenvalue weighted by molar-refractivity contribution is 0.834. The van der Waals surface area contributed by atoms with Crippen molar-refractivity contribution >= 4 is 32.3 Å². The van der Waals surface area contributed by atoms with Crippen LogP contribution in [0.3, 0.4) is 0 Å².